The molecule has 1 aliphatic heterocycles. The third-order valence-corrected chi connectivity index (χ3v) is 5.13. The quantitative estimate of drug-likeness (QED) is 0.193. The van der Waals surface area contributed by atoms with Crippen LogP contribution in [0.2, 0.25) is 0 Å². The SMILES string of the molecule is C#C.CC.CC.CC.C\C=C(F)/C(=C\C(=C\CC)C(F)(F)F)C/C=C1/CCCCCN1C.Cc1ccc(F)cc1. The van der Waals surface area contributed by atoms with Gasteiger partial charge in [-0.25, -0.2) is 8.78 Å². The second-order valence-corrected chi connectivity index (χ2v) is 7.80. The predicted molar refractivity (Wildman–Crippen MR) is 166 cm³/mol. The molecule has 1 aliphatic rings. The Kier molecular flexibility index (Phi) is 32.3. The van der Waals surface area contributed by atoms with Crippen LogP contribution < -0.4 is 0 Å². The van der Waals surface area contributed by atoms with Crippen molar-refractivity contribution in [1.82, 2.24) is 4.90 Å². The van der Waals surface area contributed by atoms with Gasteiger partial charge in [0.1, 0.15) is 11.6 Å². The first-order valence-corrected chi connectivity index (χ1v) is 14.3. The van der Waals surface area contributed by atoms with Crippen molar-refractivity contribution in [3.8, 4) is 12.8 Å². The second-order valence-electron chi connectivity index (χ2n) is 7.80. The molecule has 1 aromatic rings. The fourth-order valence-corrected chi connectivity index (χ4v) is 3.26. The lowest BCUT2D eigenvalue weighted by Gasteiger charge is -2.20. The first kappa shape index (κ1) is 44.2. The molecule has 0 amide bonds. The molecule has 0 N–H and O–H groups in total. The Morgan fingerprint density at radius 3 is 1.90 bits per heavy atom. The van der Waals surface area contributed by atoms with Crippen molar-refractivity contribution in [2.24, 2.45) is 0 Å². The van der Waals surface area contributed by atoms with E-state index in [9.17, 15) is 22.0 Å². The summed E-state index contributed by atoms with van der Waals surface area (Å²) in [5.41, 5.74) is 1.45. The Morgan fingerprint density at radius 1 is 0.950 bits per heavy atom. The molecule has 1 fully saturated rings. The smallest absolute Gasteiger partial charge is 0.378 e. The van der Waals surface area contributed by atoms with E-state index in [1.54, 1.807) is 19.1 Å². The zero-order valence-electron chi connectivity index (χ0n) is 26.6. The zero-order chi connectivity index (χ0) is 32.1. The summed E-state index contributed by atoms with van der Waals surface area (Å²) in [4.78, 5) is 2.12. The van der Waals surface area contributed by atoms with E-state index >= 15 is 0 Å². The van der Waals surface area contributed by atoms with Gasteiger partial charge in [-0.05, 0) is 69.7 Å². The van der Waals surface area contributed by atoms with Gasteiger partial charge in [-0.15, -0.1) is 12.8 Å². The summed E-state index contributed by atoms with van der Waals surface area (Å²) >= 11 is 0. The van der Waals surface area contributed by atoms with Gasteiger partial charge in [0.05, 0.1) is 5.57 Å². The van der Waals surface area contributed by atoms with Crippen molar-refractivity contribution in [3.63, 3.8) is 0 Å². The molecule has 230 valence electrons. The third kappa shape index (κ3) is 22.1. The van der Waals surface area contributed by atoms with E-state index in [1.165, 1.54) is 25.1 Å². The van der Waals surface area contributed by atoms with Gasteiger partial charge >= 0.3 is 6.18 Å². The number of nitrogens with zero attached hydrogens (tertiary/aromatic N) is 1. The van der Waals surface area contributed by atoms with Gasteiger partial charge in [0.15, 0.2) is 0 Å². The van der Waals surface area contributed by atoms with Crippen LogP contribution in [0.5, 0.6) is 0 Å². The summed E-state index contributed by atoms with van der Waals surface area (Å²) in [6, 6.07) is 6.40. The zero-order valence-corrected chi connectivity index (χ0v) is 26.6. The summed E-state index contributed by atoms with van der Waals surface area (Å²) < 4.78 is 65.4. The lowest BCUT2D eigenvalue weighted by Crippen LogP contribution is -2.17. The van der Waals surface area contributed by atoms with Gasteiger partial charge in [-0.1, -0.05) is 90.8 Å². The van der Waals surface area contributed by atoms with Crippen LogP contribution in [-0.4, -0.2) is 24.7 Å². The molecule has 0 atom stereocenters. The van der Waals surface area contributed by atoms with Crippen molar-refractivity contribution >= 4 is 0 Å². The highest BCUT2D eigenvalue weighted by Crippen LogP contribution is 2.31. The molecule has 0 unspecified atom stereocenters. The molecule has 0 aliphatic carbocycles. The normalized spacial score (nSPS) is 14.7. The number of halogens is 5. The monoisotopic (exact) mass is 571 g/mol. The summed E-state index contributed by atoms with van der Waals surface area (Å²) in [6.07, 6.45) is 13.2. The van der Waals surface area contributed by atoms with Crippen molar-refractivity contribution in [3.05, 3.63) is 82.6 Å². The molecule has 0 spiro atoms. The fourth-order valence-electron chi connectivity index (χ4n) is 3.26. The molecule has 1 nitrogen and oxygen atoms in total. The number of likely N-dealkylation sites (tertiary alicyclic amines) is 1. The lowest BCUT2D eigenvalue weighted by atomic mass is 10.0. The van der Waals surface area contributed by atoms with E-state index in [1.807, 2.05) is 61.6 Å². The van der Waals surface area contributed by atoms with Gasteiger partial charge in [-0.3, -0.25) is 0 Å². The second kappa shape index (κ2) is 29.2. The molecule has 0 bridgehead atoms. The number of rotatable bonds is 5. The first-order valence-electron chi connectivity index (χ1n) is 14.3. The molecule has 0 aromatic heterocycles. The highest BCUT2D eigenvalue weighted by Gasteiger charge is 2.32. The largest absolute Gasteiger partial charge is 0.416 e. The van der Waals surface area contributed by atoms with E-state index in [4.69, 9.17) is 0 Å². The van der Waals surface area contributed by atoms with Gasteiger partial charge in [0, 0.05) is 19.3 Å². The molecule has 6 heteroatoms. The molecular weight excluding hydrogens is 517 g/mol. The molecular formula is C34H54F5N. The highest BCUT2D eigenvalue weighted by atomic mass is 19.4. The summed E-state index contributed by atoms with van der Waals surface area (Å²) in [5.74, 6) is -0.773. The maximum Gasteiger partial charge on any atom is 0.416 e. The van der Waals surface area contributed by atoms with E-state index < -0.39 is 17.6 Å². The average molecular weight is 572 g/mol. The number of hydrogen-bond acceptors (Lipinski definition) is 1. The minimum atomic E-state index is -4.47. The van der Waals surface area contributed by atoms with Crippen molar-refractivity contribution in [2.75, 3.05) is 13.6 Å². The van der Waals surface area contributed by atoms with Crippen molar-refractivity contribution in [2.45, 2.75) is 107 Å². The molecule has 1 heterocycles. The maximum atomic E-state index is 14.1. The van der Waals surface area contributed by atoms with Gasteiger partial charge in [0.25, 0.3) is 0 Å². The molecule has 0 radical (unpaired) electrons. The Bertz CT molecular complexity index is 836. The number of allylic oxidation sites excluding steroid dienone is 8. The molecule has 40 heavy (non-hydrogen) atoms. The Balaban J connectivity index is -0.000000334. The van der Waals surface area contributed by atoms with E-state index in [0.717, 1.165) is 55.6 Å². The number of aryl methyl sites for hydroxylation is 1. The van der Waals surface area contributed by atoms with Gasteiger partial charge < -0.3 is 4.90 Å². The first-order chi connectivity index (χ1) is 19.1. The predicted octanol–water partition coefficient (Wildman–Crippen LogP) is 11.9. The van der Waals surface area contributed by atoms with Gasteiger partial charge in [-0.2, -0.15) is 13.2 Å². The van der Waals surface area contributed by atoms with Crippen LogP contribution in [0.3, 0.4) is 0 Å². The van der Waals surface area contributed by atoms with Crippen LogP contribution in [0.4, 0.5) is 22.0 Å². The van der Waals surface area contributed by atoms with Crippen LogP contribution in [0.1, 0.15) is 99.5 Å². The van der Waals surface area contributed by atoms with E-state index in [0.29, 0.717) is 0 Å². The minimum absolute atomic E-state index is 0.0691. The number of benzene rings is 1. The number of alkyl halides is 3. The maximum absolute atomic E-state index is 14.1. The Morgan fingerprint density at radius 2 is 1.48 bits per heavy atom. The van der Waals surface area contributed by atoms with Crippen LogP contribution in [0.15, 0.2) is 71.2 Å². The van der Waals surface area contributed by atoms with E-state index in [2.05, 4.69) is 17.7 Å². The van der Waals surface area contributed by atoms with Crippen LogP contribution in [0, 0.1) is 25.6 Å². The van der Waals surface area contributed by atoms with Gasteiger partial charge in [0.2, 0.25) is 0 Å². The third-order valence-electron chi connectivity index (χ3n) is 5.13. The van der Waals surface area contributed by atoms with Crippen LogP contribution in [0.25, 0.3) is 0 Å². The lowest BCUT2D eigenvalue weighted by molar-refractivity contribution is -0.0884. The summed E-state index contributed by atoms with van der Waals surface area (Å²) in [5, 5.41) is 0. The van der Waals surface area contributed by atoms with E-state index in [-0.39, 0.29) is 24.2 Å². The molecule has 1 aromatic carbocycles. The topological polar surface area (TPSA) is 3.24 Å². The van der Waals surface area contributed by atoms with Crippen LogP contribution >= 0.6 is 0 Å². The van der Waals surface area contributed by atoms with Crippen molar-refractivity contribution < 1.29 is 22.0 Å². The minimum Gasteiger partial charge on any atom is -0.378 e. The standard InChI is InChI=1S/C19H27F4N.C7H7F.3C2H6.C2H2/c1-4-9-16(19(21,22)23)14-15(18(20)5-2)11-12-17-10-7-6-8-13-24(17)3;1-6-2-4-7(8)5-3-6;4*1-2/h5,9,12,14H,4,6-8,10-11,13H2,1-3H3;2-5H,1H3;3*1-2H3;1-2H/b15-14-,16-9-,17-12-,18-5+;;;;;. The van der Waals surface area contributed by atoms with Crippen molar-refractivity contribution in [1.29, 1.82) is 0 Å². The summed E-state index contributed by atoms with van der Waals surface area (Å²) in [7, 11) is 1.98. The Labute approximate surface area is 243 Å². The average Bonchev–Trinajstić information content (AvgIpc) is 3.19. The van der Waals surface area contributed by atoms with Crippen LogP contribution in [-0.2, 0) is 0 Å². The Hall–Kier alpha value is -2.81. The molecule has 2 rings (SSSR count). The highest BCUT2D eigenvalue weighted by molar-refractivity contribution is 5.37. The number of hydrogen-bond donors (Lipinski definition) is 0. The molecule has 0 saturated carbocycles. The number of terminal acetylenes is 1. The fraction of sp³-hybridized carbons (Fsp3) is 0.529. The molecule has 1 saturated heterocycles. The summed E-state index contributed by atoms with van der Waals surface area (Å²) in [6.45, 7) is 18.0.